The molecule has 0 saturated carbocycles. The van der Waals surface area contributed by atoms with E-state index in [0.29, 0.717) is 5.02 Å². The fourth-order valence-electron chi connectivity index (χ4n) is 1.93. The zero-order chi connectivity index (χ0) is 13.3. The van der Waals surface area contributed by atoms with Gasteiger partial charge >= 0.3 is 0 Å². The highest BCUT2D eigenvalue weighted by Gasteiger charge is 2.11. The van der Waals surface area contributed by atoms with Gasteiger partial charge in [-0.05, 0) is 26.3 Å². The Hall–Kier alpha value is -1.61. The van der Waals surface area contributed by atoms with Crippen molar-refractivity contribution in [1.82, 2.24) is 9.78 Å². The van der Waals surface area contributed by atoms with Gasteiger partial charge in [-0.3, -0.25) is 9.48 Å². The molecule has 0 amide bonds. The summed E-state index contributed by atoms with van der Waals surface area (Å²) in [6.45, 7) is 6.00. The Morgan fingerprint density at radius 1 is 1.33 bits per heavy atom. The Balaban J connectivity index is 2.22. The van der Waals surface area contributed by atoms with Crippen molar-refractivity contribution in [2.75, 3.05) is 0 Å². The average Bonchev–Trinajstić information content (AvgIpc) is 2.57. The minimum Gasteiger partial charge on any atom is -0.292 e. The van der Waals surface area contributed by atoms with Crippen LogP contribution in [0.1, 0.15) is 27.2 Å². The largest absolute Gasteiger partial charge is 0.292 e. The van der Waals surface area contributed by atoms with Gasteiger partial charge in [0.1, 0.15) is 6.54 Å². The molecule has 1 heterocycles. The topological polar surface area (TPSA) is 34.9 Å². The summed E-state index contributed by atoms with van der Waals surface area (Å²) in [5.74, 6) is 0.0478. The van der Waals surface area contributed by atoms with Crippen LogP contribution in [0.4, 0.5) is 0 Å². The first kappa shape index (κ1) is 12.8. The summed E-state index contributed by atoms with van der Waals surface area (Å²) in [6, 6.07) is 5.82. The van der Waals surface area contributed by atoms with E-state index in [2.05, 4.69) is 5.10 Å². The Bertz CT molecular complexity index is 582. The molecule has 0 atom stereocenters. The molecule has 1 aromatic heterocycles. The summed E-state index contributed by atoms with van der Waals surface area (Å²) in [6.07, 6.45) is 1.68. The van der Waals surface area contributed by atoms with E-state index in [0.717, 1.165) is 22.4 Å². The first-order valence-electron chi connectivity index (χ1n) is 5.77. The van der Waals surface area contributed by atoms with Crippen LogP contribution in [0.15, 0.2) is 24.4 Å². The zero-order valence-electron chi connectivity index (χ0n) is 10.7. The lowest BCUT2D eigenvalue weighted by Gasteiger charge is -2.06. The molecule has 18 heavy (non-hydrogen) atoms. The van der Waals surface area contributed by atoms with Gasteiger partial charge in [-0.2, -0.15) is 5.10 Å². The number of rotatable bonds is 3. The summed E-state index contributed by atoms with van der Waals surface area (Å²) in [7, 11) is 0. The van der Waals surface area contributed by atoms with Gasteiger partial charge in [-0.15, -0.1) is 0 Å². The maximum atomic E-state index is 12.2. The minimum absolute atomic E-state index is 0.0478. The number of aryl methyl sites for hydroxylation is 3. The number of aromatic nitrogens is 2. The van der Waals surface area contributed by atoms with Crippen molar-refractivity contribution < 1.29 is 4.79 Å². The van der Waals surface area contributed by atoms with Gasteiger partial charge in [-0.25, -0.2) is 0 Å². The maximum absolute atomic E-state index is 12.2. The number of ketones is 1. The van der Waals surface area contributed by atoms with E-state index < -0.39 is 0 Å². The number of hydrogen-bond acceptors (Lipinski definition) is 2. The Labute approximate surface area is 111 Å². The number of nitrogens with zero attached hydrogens (tertiary/aromatic N) is 2. The number of hydrogen-bond donors (Lipinski definition) is 0. The molecule has 2 rings (SSSR count). The van der Waals surface area contributed by atoms with Crippen molar-refractivity contribution in [3.63, 3.8) is 0 Å². The number of Topliss-reactive ketones (excluding diaryl/α,β-unsaturated/α-hetero) is 1. The van der Waals surface area contributed by atoms with Crippen molar-refractivity contribution in [2.45, 2.75) is 27.3 Å². The summed E-state index contributed by atoms with van der Waals surface area (Å²) >= 11 is 5.92. The second-order valence-electron chi connectivity index (χ2n) is 4.50. The molecule has 1 aromatic carbocycles. The molecular formula is C14H15ClN2O. The van der Waals surface area contributed by atoms with E-state index in [1.54, 1.807) is 10.9 Å². The highest BCUT2D eigenvalue weighted by atomic mass is 35.5. The normalized spacial score (nSPS) is 10.7. The second kappa shape index (κ2) is 4.94. The highest BCUT2D eigenvalue weighted by molar-refractivity contribution is 6.31. The van der Waals surface area contributed by atoms with Gasteiger partial charge < -0.3 is 0 Å². The van der Waals surface area contributed by atoms with Gasteiger partial charge in [0, 0.05) is 11.8 Å². The third-order valence-electron chi connectivity index (χ3n) is 2.87. The Kier molecular flexibility index (Phi) is 3.53. The first-order valence-corrected chi connectivity index (χ1v) is 6.15. The number of carbonyl (C=O) groups is 1. The van der Waals surface area contributed by atoms with Crippen molar-refractivity contribution >= 4 is 17.4 Å². The highest BCUT2D eigenvalue weighted by Crippen LogP contribution is 2.15. The minimum atomic E-state index is 0.0478. The predicted octanol–water partition coefficient (Wildman–Crippen LogP) is 3.34. The molecule has 0 saturated heterocycles. The van der Waals surface area contributed by atoms with Crippen molar-refractivity contribution in [1.29, 1.82) is 0 Å². The first-order chi connectivity index (χ1) is 8.47. The lowest BCUT2D eigenvalue weighted by Crippen LogP contribution is -2.12. The standard InChI is InChI=1S/C14H15ClN2O/c1-9-4-5-12(10(2)6-9)14(18)8-17-7-13(15)11(3)16-17/h4-7H,8H2,1-3H3. The van der Waals surface area contributed by atoms with Crippen LogP contribution in [0.5, 0.6) is 0 Å². The van der Waals surface area contributed by atoms with E-state index in [1.165, 1.54) is 0 Å². The summed E-state index contributed by atoms with van der Waals surface area (Å²) < 4.78 is 1.58. The van der Waals surface area contributed by atoms with Crippen LogP contribution in [0.2, 0.25) is 5.02 Å². The summed E-state index contributed by atoms with van der Waals surface area (Å²) in [5.41, 5.74) is 3.63. The molecule has 3 nitrogen and oxygen atoms in total. The SMILES string of the molecule is Cc1ccc(C(=O)Cn2cc(Cl)c(C)n2)c(C)c1. The van der Waals surface area contributed by atoms with Crippen molar-refractivity contribution in [3.8, 4) is 0 Å². The van der Waals surface area contributed by atoms with Gasteiger partial charge in [0.05, 0.1) is 10.7 Å². The van der Waals surface area contributed by atoms with Crippen LogP contribution in [0.3, 0.4) is 0 Å². The molecule has 0 aliphatic rings. The van der Waals surface area contributed by atoms with Crippen LogP contribution in [-0.2, 0) is 6.54 Å². The van der Waals surface area contributed by atoms with Crippen LogP contribution in [0, 0.1) is 20.8 Å². The van der Waals surface area contributed by atoms with Crippen molar-refractivity contribution in [2.24, 2.45) is 0 Å². The molecule has 0 aliphatic carbocycles. The molecule has 2 aromatic rings. The second-order valence-corrected chi connectivity index (χ2v) is 4.91. The number of halogens is 1. The van der Waals surface area contributed by atoms with Crippen molar-refractivity contribution in [3.05, 3.63) is 51.8 Å². The third-order valence-corrected chi connectivity index (χ3v) is 3.25. The third kappa shape index (κ3) is 2.62. The molecule has 0 N–H and O–H groups in total. The zero-order valence-corrected chi connectivity index (χ0v) is 11.5. The van der Waals surface area contributed by atoms with Crippen LogP contribution < -0.4 is 0 Å². The molecule has 0 aliphatic heterocycles. The van der Waals surface area contributed by atoms with Crippen LogP contribution >= 0.6 is 11.6 Å². The van der Waals surface area contributed by atoms with Gasteiger partial charge in [0.2, 0.25) is 0 Å². The van der Waals surface area contributed by atoms with Gasteiger partial charge in [0.25, 0.3) is 0 Å². The van der Waals surface area contributed by atoms with E-state index in [1.807, 2.05) is 39.0 Å². The molecule has 4 heteroatoms. The smallest absolute Gasteiger partial charge is 0.184 e. The molecule has 0 spiro atoms. The predicted molar refractivity (Wildman–Crippen MR) is 72.2 cm³/mol. The van der Waals surface area contributed by atoms with Crippen LogP contribution in [-0.4, -0.2) is 15.6 Å². The number of benzene rings is 1. The van der Waals surface area contributed by atoms with E-state index in [-0.39, 0.29) is 12.3 Å². The van der Waals surface area contributed by atoms with Crippen LogP contribution in [0.25, 0.3) is 0 Å². The fourth-order valence-corrected chi connectivity index (χ4v) is 2.08. The quantitative estimate of drug-likeness (QED) is 0.795. The lowest BCUT2D eigenvalue weighted by atomic mass is 10.0. The maximum Gasteiger partial charge on any atom is 0.184 e. The van der Waals surface area contributed by atoms with E-state index in [9.17, 15) is 4.79 Å². The molecular weight excluding hydrogens is 248 g/mol. The van der Waals surface area contributed by atoms with Gasteiger partial charge in [0.15, 0.2) is 5.78 Å². The lowest BCUT2D eigenvalue weighted by molar-refractivity contribution is 0.0967. The molecule has 94 valence electrons. The Morgan fingerprint density at radius 2 is 2.06 bits per heavy atom. The molecule has 0 bridgehead atoms. The summed E-state index contributed by atoms with van der Waals surface area (Å²) in [4.78, 5) is 12.2. The van der Waals surface area contributed by atoms with Gasteiger partial charge in [-0.1, -0.05) is 35.4 Å². The monoisotopic (exact) mass is 262 g/mol. The number of carbonyl (C=O) groups excluding carboxylic acids is 1. The molecule has 0 fully saturated rings. The van der Waals surface area contributed by atoms with E-state index >= 15 is 0 Å². The summed E-state index contributed by atoms with van der Waals surface area (Å²) in [5, 5.41) is 4.77. The average molecular weight is 263 g/mol. The molecule has 0 unspecified atom stereocenters. The Morgan fingerprint density at radius 3 is 2.61 bits per heavy atom. The van der Waals surface area contributed by atoms with E-state index in [4.69, 9.17) is 11.6 Å². The fraction of sp³-hybridized carbons (Fsp3) is 0.286. The molecule has 0 radical (unpaired) electrons.